The van der Waals surface area contributed by atoms with E-state index < -0.39 is 0 Å². The molecule has 0 aromatic carbocycles. The summed E-state index contributed by atoms with van der Waals surface area (Å²) >= 11 is 0. The molecular weight excluding hydrogens is 255 g/mol. The van der Waals surface area contributed by atoms with Gasteiger partial charge in [-0.05, 0) is 49.9 Å². The Morgan fingerprint density at radius 2 is 1.11 bits per heavy atom. The van der Waals surface area contributed by atoms with Crippen molar-refractivity contribution in [1.29, 1.82) is 0 Å². The zero-order chi connectivity index (χ0) is 14.1. The molecule has 0 heterocycles. The topological polar surface area (TPSA) is 0 Å². The molecule has 0 saturated carbocycles. The fourth-order valence-corrected chi connectivity index (χ4v) is 3.50. The van der Waals surface area contributed by atoms with Gasteiger partial charge in [0, 0.05) is 18.6 Å². The van der Waals surface area contributed by atoms with Crippen LogP contribution >= 0.6 is 0 Å². The van der Waals surface area contributed by atoms with Crippen LogP contribution in [-0.4, -0.2) is 0 Å². The minimum Gasteiger partial charge on any atom is -0.0770 e. The molecule has 0 aliphatic carbocycles. The van der Waals surface area contributed by atoms with E-state index in [1.54, 1.807) is 5.57 Å². The van der Waals surface area contributed by atoms with E-state index in [-0.39, 0.29) is 18.6 Å². The number of rotatable bonds is 4. The second-order valence-electron chi connectivity index (χ2n) is 8.59. The van der Waals surface area contributed by atoms with Gasteiger partial charge < -0.3 is 0 Å². The average molecular weight is 289 g/mol. The third kappa shape index (κ3) is 7.69. The second kappa shape index (κ2) is 6.66. The largest absolute Gasteiger partial charge is 0.0770 e. The molecule has 0 unspecified atom stereocenters. The van der Waals surface area contributed by atoms with Gasteiger partial charge in [-0.15, -0.1) is 0 Å². The molecule has 0 bridgehead atoms. The Bertz CT molecular complexity index is 283. The summed E-state index contributed by atoms with van der Waals surface area (Å²) in [5.41, 5.74) is 4.16. The summed E-state index contributed by atoms with van der Waals surface area (Å²) < 4.78 is 0. The maximum absolute atomic E-state index is 2.41. The van der Waals surface area contributed by atoms with Crippen molar-refractivity contribution in [2.24, 2.45) is 16.2 Å². The van der Waals surface area contributed by atoms with Gasteiger partial charge in [0.2, 0.25) is 0 Å². The van der Waals surface area contributed by atoms with E-state index in [0.717, 1.165) is 0 Å². The first kappa shape index (κ1) is 20.6. The van der Waals surface area contributed by atoms with Crippen molar-refractivity contribution in [1.82, 2.24) is 0 Å². The van der Waals surface area contributed by atoms with E-state index >= 15 is 0 Å². The van der Waals surface area contributed by atoms with Crippen molar-refractivity contribution in [2.75, 3.05) is 0 Å². The van der Waals surface area contributed by atoms with Gasteiger partial charge in [0.1, 0.15) is 0 Å². The van der Waals surface area contributed by atoms with E-state index in [0.29, 0.717) is 16.2 Å². The fourth-order valence-electron chi connectivity index (χ4n) is 3.50. The van der Waals surface area contributed by atoms with E-state index in [9.17, 15) is 0 Å². The molecule has 0 N–H and O–H groups in total. The Morgan fingerprint density at radius 1 is 0.722 bits per heavy atom. The van der Waals surface area contributed by atoms with E-state index in [4.69, 9.17) is 0 Å². The third-order valence-corrected chi connectivity index (χ3v) is 3.69. The molecule has 0 saturated heterocycles. The third-order valence-electron chi connectivity index (χ3n) is 3.69. The van der Waals surface area contributed by atoms with Gasteiger partial charge in [0.25, 0.3) is 0 Å². The minimum absolute atomic E-state index is 0. The summed E-state index contributed by atoms with van der Waals surface area (Å²) in [4.78, 5) is 0. The Balaban J connectivity index is 0. The number of hydrogen-bond acceptors (Lipinski definition) is 0. The van der Waals surface area contributed by atoms with Crippen molar-refractivity contribution >= 4 is 0 Å². The molecule has 0 fully saturated rings. The summed E-state index contributed by atoms with van der Waals surface area (Å²) in [5, 5.41) is 0. The molecule has 0 rings (SSSR count). The van der Waals surface area contributed by atoms with Crippen LogP contribution in [0, 0.1) is 16.2 Å². The Morgan fingerprint density at radius 3 is 1.39 bits per heavy atom. The van der Waals surface area contributed by atoms with Crippen LogP contribution < -0.4 is 0 Å². The van der Waals surface area contributed by atoms with Gasteiger partial charge in [0.05, 0.1) is 0 Å². The monoisotopic (exact) mass is 289 g/mol. The quantitative estimate of drug-likeness (QED) is 0.539. The molecule has 0 aromatic rings. The molecule has 0 nitrogen and oxygen atoms in total. The molecule has 0 aliphatic rings. The Labute approximate surface area is 128 Å². The molecule has 0 aliphatic heterocycles. The molecular formula is C17H34V. The Hall–Kier alpha value is 0.324. The summed E-state index contributed by atoms with van der Waals surface area (Å²) in [6, 6.07) is 0. The molecule has 0 amide bonds. The van der Waals surface area contributed by atoms with Crippen molar-refractivity contribution < 1.29 is 18.6 Å². The first-order chi connectivity index (χ1) is 7.27. The van der Waals surface area contributed by atoms with Gasteiger partial charge in [-0.2, -0.15) is 0 Å². The molecule has 107 valence electrons. The molecule has 0 atom stereocenters. The SMILES string of the molecule is CC(C)=C(C)C(C)(C)CC(C)(C)CC(C)(C)C.[V]. The van der Waals surface area contributed by atoms with Crippen LogP contribution in [0.2, 0.25) is 0 Å². The van der Waals surface area contributed by atoms with Gasteiger partial charge in [0.15, 0.2) is 0 Å². The first-order valence-electron chi connectivity index (χ1n) is 6.91. The molecule has 1 heteroatoms. The van der Waals surface area contributed by atoms with Gasteiger partial charge in [-0.1, -0.05) is 59.6 Å². The van der Waals surface area contributed by atoms with Crippen molar-refractivity contribution in [3.63, 3.8) is 0 Å². The Kier molecular flexibility index (Phi) is 7.64. The predicted molar refractivity (Wildman–Crippen MR) is 80.3 cm³/mol. The van der Waals surface area contributed by atoms with E-state index in [1.165, 1.54) is 18.4 Å². The maximum atomic E-state index is 2.41. The fraction of sp³-hybridized carbons (Fsp3) is 0.882. The summed E-state index contributed by atoms with van der Waals surface area (Å²) in [5.74, 6) is 0. The standard InChI is InChI=1S/C17H34.V/c1-13(2)14(3)17(9,10)12-16(7,8)11-15(4,5)6;/h11-12H2,1-10H3;. The van der Waals surface area contributed by atoms with Crippen molar-refractivity contribution in [2.45, 2.75) is 82.1 Å². The van der Waals surface area contributed by atoms with Crippen LogP contribution in [-0.2, 0) is 18.6 Å². The normalized spacial score (nSPS) is 13.0. The zero-order valence-electron chi connectivity index (χ0n) is 14.4. The van der Waals surface area contributed by atoms with Crippen molar-refractivity contribution in [3.8, 4) is 0 Å². The van der Waals surface area contributed by atoms with Crippen molar-refractivity contribution in [3.05, 3.63) is 11.1 Å². The maximum Gasteiger partial charge on any atom is 0 e. The zero-order valence-corrected chi connectivity index (χ0v) is 15.8. The van der Waals surface area contributed by atoms with Crippen LogP contribution in [0.1, 0.15) is 82.1 Å². The smallest absolute Gasteiger partial charge is 0 e. The number of hydrogen-bond donors (Lipinski definition) is 0. The van der Waals surface area contributed by atoms with Crippen LogP contribution in [0.15, 0.2) is 11.1 Å². The molecule has 0 aromatic heterocycles. The van der Waals surface area contributed by atoms with Crippen LogP contribution in [0.3, 0.4) is 0 Å². The van der Waals surface area contributed by atoms with Crippen LogP contribution in [0.25, 0.3) is 0 Å². The minimum atomic E-state index is 0. The first-order valence-corrected chi connectivity index (χ1v) is 6.91. The van der Waals surface area contributed by atoms with Crippen LogP contribution in [0.5, 0.6) is 0 Å². The predicted octanol–water partition coefficient (Wildman–Crippen LogP) is 6.22. The summed E-state index contributed by atoms with van der Waals surface area (Å²) in [7, 11) is 0. The second-order valence-corrected chi connectivity index (χ2v) is 8.59. The van der Waals surface area contributed by atoms with Gasteiger partial charge >= 0.3 is 0 Å². The average Bonchev–Trinajstić information content (AvgIpc) is 1.94. The van der Waals surface area contributed by atoms with E-state index in [1.807, 2.05) is 0 Å². The molecule has 18 heavy (non-hydrogen) atoms. The summed E-state index contributed by atoms with van der Waals surface area (Å²) in [6.45, 7) is 23.4. The molecule has 1 radical (unpaired) electrons. The number of allylic oxidation sites excluding steroid dienone is 2. The molecule has 0 spiro atoms. The van der Waals surface area contributed by atoms with Gasteiger partial charge in [-0.3, -0.25) is 0 Å². The summed E-state index contributed by atoms with van der Waals surface area (Å²) in [6.07, 6.45) is 2.54. The van der Waals surface area contributed by atoms with E-state index in [2.05, 4.69) is 69.2 Å². The van der Waals surface area contributed by atoms with Crippen LogP contribution in [0.4, 0.5) is 0 Å². The van der Waals surface area contributed by atoms with Gasteiger partial charge in [-0.25, -0.2) is 0 Å².